The minimum atomic E-state index is -2.83. The van der Waals surface area contributed by atoms with Crippen LogP contribution in [0.25, 0.3) is 0 Å². The highest BCUT2D eigenvalue weighted by Gasteiger charge is 2.14. The van der Waals surface area contributed by atoms with Crippen LogP contribution in [0.3, 0.4) is 0 Å². The molecule has 0 saturated carbocycles. The second-order valence-electron chi connectivity index (χ2n) is 2.54. The average Bonchev–Trinajstić information content (AvgIpc) is 2.07. The van der Waals surface area contributed by atoms with Gasteiger partial charge in [-0.15, -0.1) is 0 Å². The van der Waals surface area contributed by atoms with Crippen LogP contribution < -0.4 is 0 Å². The second kappa shape index (κ2) is 4.08. The van der Waals surface area contributed by atoms with Gasteiger partial charge in [-0.1, -0.05) is 0 Å². The number of hydrogen-bond donors (Lipinski definition) is 1. The minimum Gasteiger partial charge on any atom is -0.481 e. The van der Waals surface area contributed by atoms with Crippen molar-refractivity contribution in [2.24, 2.45) is 0 Å². The van der Waals surface area contributed by atoms with Crippen LogP contribution in [0, 0.1) is 5.82 Å². The summed E-state index contributed by atoms with van der Waals surface area (Å²) >= 11 is 0. The molecule has 0 amide bonds. The molecule has 0 aliphatic rings. The number of pyridine rings is 1. The number of hydrogen-bond acceptors (Lipinski definition) is 2. The lowest BCUT2D eigenvalue weighted by molar-refractivity contribution is -0.136. The molecule has 0 radical (unpaired) electrons. The van der Waals surface area contributed by atoms with Crippen molar-refractivity contribution in [3.05, 3.63) is 29.3 Å². The zero-order valence-corrected chi connectivity index (χ0v) is 6.88. The summed E-state index contributed by atoms with van der Waals surface area (Å²) < 4.78 is 37.0. The fourth-order valence-corrected chi connectivity index (χ4v) is 0.890. The maximum absolute atomic E-state index is 12.8. The number of aromatic nitrogens is 1. The standard InChI is InChI=1S/C8H6F3NO2/c9-4-1-2-5(8(10)11)12-6(4)3-7(13)14/h1-2,8H,3H2,(H,13,14). The van der Waals surface area contributed by atoms with E-state index in [4.69, 9.17) is 5.11 Å². The second-order valence-corrected chi connectivity index (χ2v) is 2.54. The molecule has 1 heterocycles. The molecule has 3 nitrogen and oxygen atoms in total. The Morgan fingerprint density at radius 1 is 1.50 bits per heavy atom. The van der Waals surface area contributed by atoms with Gasteiger partial charge < -0.3 is 5.11 Å². The van der Waals surface area contributed by atoms with Crippen LogP contribution in [0.1, 0.15) is 17.8 Å². The lowest BCUT2D eigenvalue weighted by atomic mass is 10.2. The van der Waals surface area contributed by atoms with Gasteiger partial charge >= 0.3 is 5.97 Å². The molecule has 14 heavy (non-hydrogen) atoms. The predicted molar refractivity (Wildman–Crippen MR) is 40.5 cm³/mol. The maximum atomic E-state index is 12.8. The van der Waals surface area contributed by atoms with Gasteiger partial charge in [-0.3, -0.25) is 4.79 Å². The first-order chi connectivity index (χ1) is 6.50. The number of alkyl halides is 2. The van der Waals surface area contributed by atoms with Crippen LogP contribution in [-0.2, 0) is 11.2 Å². The van der Waals surface area contributed by atoms with Crippen molar-refractivity contribution in [3.8, 4) is 0 Å². The minimum absolute atomic E-state index is 0.477. The van der Waals surface area contributed by atoms with E-state index >= 15 is 0 Å². The predicted octanol–water partition coefficient (Wildman–Crippen LogP) is 1.79. The van der Waals surface area contributed by atoms with Crippen LogP contribution in [-0.4, -0.2) is 16.1 Å². The molecule has 1 N–H and O–H groups in total. The zero-order chi connectivity index (χ0) is 10.7. The van der Waals surface area contributed by atoms with E-state index in [1.165, 1.54) is 0 Å². The van der Waals surface area contributed by atoms with Crippen LogP contribution in [0.4, 0.5) is 13.2 Å². The highest BCUT2D eigenvalue weighted by Crippen LogP contribution is 2.17. The lowest BCUT2D eigenvalue weighted by Gasteiger charge is -2.02. The molecule has 76 valence electrons. The lowest BCUT2D eigenvalue weighted by Crippen LogP contribution is -2.06. The van der Waals surface area contributed by atoms with E-state index in [-0.39, 0.29) is 0 Å². The summed E-state index contributed by atoms with van der Waals surface area (Å²) in [7, 11) is 0. The van der Waals surface area contributed by atoms with Gasteiger partial charge in [0, 0.05) is 0 Å². The van der Waals surface area contributed by atoms with E-state index in [0.29, 0.717) is 0 Å². The third-order valence-corrected chi connectivity index (χ3v) is 1.48. The Balaban J connectivity index is 3.02. The van der Waals surface area contributed by atoms with Crippen molar-refractivity contribution in [2.45, 2.75) is 12.8 Å². The zero-order valence-electron chi connectivity index (χ0n) is 6.88. The van der Waals surface area contributed by atoms with Crippen LogP contribution in [0.2, 0.25) is 0 Å². The number of carboxylic acids is 1. The van der Waals surface area contributed by atoms with Crippen molar-refractivity contribution in [1.82, 2.24) is 4.98 Å². The largest absolute Gasteiger partial charge is 0.481 e. The molecule has 0 aliphatic heterocycles. The number of carboxylic acid groups (broad SMARTS) is 1. The maximum Gasteiger partial charge on any atom is 0.309 e. The molecule has 0 spiro atoms. The van der Waals surface area contributed by atoms with Crippen molar-refractivity contribution in [2.75, 3.05) is 0 Å². The van der Waals surface area contributed by atoms with Crippen molar-refractivity contribution < 1.29 is 23.1 Å². The number of carbonyl (C=O) groups is 1. The molecule has 6 heteroatoms. The summed E-state index contributed by atoms with van der Waals surface area (Å²) in [6, 6.07) is 1.61. The SMILES string of the molecule is O=C(O)Cc1nc(C(F)F)ccc1F. The number of aliphatic carboxylic acids is 1. The monoisotopic (exact) mass is 205 g/mol. The third kappa shape index (κ3) is 2.45. The van der Waals surface area contributed by atoms with Gasteiger partial charge in [0.15, 0.2) is 0 Å². The van der Waals surface area contributed by atoms with Gasteiger partial charge in [0.25, 0.3) is 6.43 Å². The molecule has 0 unspecified atom stereocenters. The molecule has 0 atom stereocenters. The van der Waals surface area contributed by atoms with Crippen molar-refractivity contribution in [3.63, 3.8) is 0 Å². The summed E-state index contributed by atoms with van der Waals surface area (Å²) in [4.78, 5) is 13.4. The van der Waals surface area contributed by atoms with Crippen molar-refractivity contribution >= 4 is 5.97 Å². The van der Waals surface area contributed by atoms with Gasteiger partial charge in [0.1, 0.15) is 11.5 Å². The number of nitrogens with zero attached hydrogens (tertiary/aromatic N) is 1. The number of halogens is 3. The Hall–Kier alpha value is -1.59. The highest BCUT2D eigenvalue weighted by atomic mass is 19.3. The van der Waals surface area contributed by atoms with Gasteiger partial charge in [0.05, 0.1) is 12.1 Å². The van der Waals surface area contributed by atoms with E-state index in [2.05, 4.69) is 4.98 Å². The summed E-state index contributed by atoms with van der Waals surface area (Å²) in [5, 5.41) is 8.33. The molecule has 0 aliphatic carbocycles. The Kier molecular flexibility index (Phi) is 3.06. The van der Waals surface area contributed by atoms with Gasteiger partial charge in [-0.25, -0.2) is 18.2 Å². The molecule has 1 rings (SSSR count). The quantitative estimate of drug-likeness (QED) is 0.818. The molecule has 0 aromatic carbocycles. The van der Waals surface area contributed by atoms with Gasteiger partial charge in [0.2, 0.25) is 0 Å². The first-order valence-corrected chi connectivity index (χ1v) is 3.66. The molecule has 0 fully saturated rings. The average molecular weight is 205 g/mol. The van der Waals surface area contributed by atoms with E-state index in [1.54, 1.807) is 0 Å². The Morgan fingerprint density at radius 2 is 2.14 bits per heavy atom. The van der Waals surface area contributed by atoms with Gasteiger partial charge in [-0.05, 0) is 12.1 Å². The summed E-state index contributed by atoms with van der Waals surface area (Å²) in [6.45, 7) is 0. The third-order valence-electron chi connectivity index (χ3n) is 1.48. The summed E-state index contributed by atoms with van der Waals surface area (Å²) in [5.74, 6) is -2.21. The topological polar surface area (TPSA) is 50.2 Å². The van der Waals surface area contributed by atoms with E-state index in [1.807, 2.05) is 0 Å². The molecule has 0 saturated heterocycles. The molecule has 1 aromatic heterocycles. The fourth-order valence-electron chi connectivity index (χ4n) is 0.890. The van der Waals surface area contributed by atoms with Gasteiger partial charge in [-0.2, -0.15) is 0 Å². The summed E-state index contributed by atoms with van der Waals surface area (Å²) in [6.07, 6.45) is -3.53. The van der Waals surface area contributed by atoms with Crippen molar-refractivity contribution in [1.29, 1.82) is 0 Å². The first-order valence-electron chi connectivity index (χ1n) is 3.66. The Labute approximate surface area is 77.2 Å². The van der Waals surface area contributed by atoms with E-state index in [0.717, 1.165) is 12.1 Å². The fraction of sp³-hybridized carbons (Fsp3) is 0.250. The van der Waals surface area contributed by atoms with Crippen LogP contribution >= 0.6 is 0 Å². The Morgan fingerprint density at radius 3 is 2.64 bits per heavy atom. The number of rotatable bonds is 3. The molecular formula is C8H6F3NO2. The summed E-state index contributed by atoms with van der Waals surface area (Å²) in [5.41, 5.74) is -1.10. The normalized spacial score (nSPS) is 10.6. The molecule has 0 bridgehead atoms. The van der Waals surface area contributed by atoms with Crippen LogP contribution in [0.5, 0.6) is 0 Å². The molecular weight excluding hydrogens is 199 g/mol. The van der Waals surface area contributed by atoms with E-state index < -0.39 is 36.0 Å². The first kappa shape index (κ1) is 10.5. The molecule has 1 aromatic rings. The van der Waals surface area contributed by atoms with Crippen LogP contribution in [0.15, 0.2) is 12.1 Å². The highest BCUT2D eigenvalue weighted by molar-refractivity contribution is 5.69. The Bertz CT molecular complexity index is 354. The van der Waals surface area contributed by atoms with E-state index in [9.17, 15) is 18.0 Å². The smallest absolute Gasteiger partial charge is 0.309 e.